The van der Waals surface area contributed by atoms with Crippen LogP contribution in [0.5, 0.6) is 0 Å². The van der Waals surface area contributed by atoms with Crippen LogP contribution in [0.1, 0.15) is 30.9 Å². The summed E-state index contributed by atoms with van der Waals surface area (Å²) >= 11 is 0. The van der Waals surface area contributed by atoms with Gasteiger partial charge in [-0.05, 0) is 38.9 Å². The largest absolute Gasteiger partial charge is 0.311 e. The van der Waals surface area contributed by atoms with E-state index in [-0.39, 0.29) is 5.82 Å². The quantitative estimate of drug-likeness (QED) is 0.854. The van der Waals surface area contributed by atoms with Crippen LogP contribution in [0.4, 0.5) is 4.39 Å². The van der Waals surface area contributed by atoms with E-state index in [1.54, 1.807) is 12.1 Å². The molecule has 4 heteroatoms. The maximum Gasteiger partial charge on any atom is 0.129 e. The van der Waals surface area contributed by atoms with Crippen LogP contribution in [0.15, 0.2) is 18.2 Å². The van der Waals surface area contributed by atoms with Crippen LogP contribution in [0.3, 0.4) is 0 Å². The summed E-state index contributed by atoms with van der Waals surface area (Å²) in [5, 5.41) is 12.0. The number of benzene rings is 1. The molecule has 1 aromatic carbocycles. The maximum absolute atomic E-state index is 13.7. The van der Waals surface area contributed by atoms with Crippen LogP contribution in [-0.4, -0.2) is 30.6 Å². The Balaban J connectivity index is 1.80. The molecule has 0 radical (unpaired) electrons. The Morgan fingerprint density at radius 2 is 2.26 bits per heavy atom. The number of likely N-dealkylation sites (N-methyl/N-ethyl adjacent to an activating group) is 1. The van der Waals surface area contributed by atoms with Gasteiger partial charge in [-0.2, -0.15) is 5.26 Å². The monoisotopic (exact) mass is 261 g/mol. The lowest BCUT2D eigenvalue weighted by atomic mass is 10.1. The highest BCUT2D eigenvalue weighted by Crippen LogP contribution is 2.26. The predicted molar refractivity (Wildman–Crippen MR) is 73.1 cm³/mol. The Hall–Kier alpha value is -1.44. The SMILES string of the molecule is CC(CNCc1ccc(C#N)cc1F)N(C)C1CC1. The standard InChI is InChI=1S/C15H20FN3/c1-11(19(2)14-5-6-14)9-18-10-13-4-3-12(8-17)7-15(13)16/h3-4,7,11,14,18H,5-6,9-10H2,1-2H3. The van der Waals surface area contributed by atoms with Crippen molar-refractivity contribution in [3.05, 3.63) is 35.1 Å². The summed E-state index contributed by atoms with van der Waals surface area (Å²) in [6, 6.07) is 7.75. The van der Waals surface area contributed by atoms with Crippen LogP contribution in [-0.2, 0) is 6.54 Å². The molecule has 0 saturated heterocycles. The van der Waals surface area contributed by atoms with Gasteiger partial charge in [0.05, 0.1) is 11.6 Å². The average molecular weight is 261 g/mol. The molecule has 3 nitrogen and oxygen atoms in total. The van der Waals surface area contributed by atoms with Crippen LogP contribution < -0.4 is 5.32 Å². The molecular weight excluding hydrogens is 241 g/mol. The molecule has 0 amide bonds. The summed E-state index contributed by atoms with van der Waals surface area (Å²) in [4.78, 5) is 2.38. The van der Waals surface area contributed by atoms with Crippen molar-refractivity contribution in [1.29, 1.82) is 5.26 Å². The number of halogens is 1. The Morgan fingerprint density at radius 1 is 1.53 bits per heavy atom. The molecule has 0 heterocycles. The second kappa shape index (κ2) is 6.14. The van der Waals surface area contributed by atoms with Crippen molar-refractivity contribution in [1.82, 2.24) is 10.2 Å². The maximum atomic E-state index is 13.7. The number of rotatable bonds is 6. The molecule has 1 aliphatic rings. The van der Waals surface area contributed by atoms with Gasteiger partial charge in [-0.25, -0.2) is 4.39 Å². The van der Waals surface area contributed by atoms with Gasteiger partial charge >= 0.3 is 0 Å². The second-order valence-electron chi connectivity index (χ2n) is 5.29. The van der Waals surface area contributed by atoms with Crippen LogP contribution in [0, 0.1) is 17.1 Å². The fraction of sp³-hybridized carbons (Fsp3) is 0.533. The Labute approximate surface area is 114 Å². The highest BCUT2D eigenvalue weighted by atomic mass is 19.1. The molecule has 1 atom stereocenters. The fourth-order valence-corrected chi connectivity index (χ4v) is 2.16. The van der Waals surface area contributed by atoms with Crippen LogP contribution in [0.2, 0.25) is 0 Å². The summed E-state index contributed by atoms with van der Waals surface area (Å²) in [6.07, 6.45) is 2.59. The first-order valence-electron chi connectivity index (χ1n) is 6.73. The van der Waals surface area contributed by atoms with E-state index < -0.39 is 0 Å². The lowest BCUT2D eigenvalue weighted by Gasteiger charge is -2.24. The van der Waals surface area contributed by atoms with E-state index in [0.717, 1.165) is 12.6 Å². The van der Waals surface area contributed by atoms with E-state index in [1.165, 1.54) is 18.9 Å². The average Bonchev–Trinajstić information content (AvgIpc) is 3.23. The zero-order chi connectivity index (χ0) is 13.8. The molecule has 0 spiro atoms. The number of nitrogens with one attached hydrogen (secondary N) is 1. The van der Waals surface area contributed by atoms with E-state index in [1.807, 2.05) is 6.07 Å². The molecule has 1 aromatic rings. The van der Waals surface area contributed by atoms with Crippen molar-refractivity contribution < 1.29 is 4.39 Å². The molecule has 0 aromatic heterocycles. The molecule has 0 aliphatic heterocycles. The summed E-state index contributed by atoms with van der Waals surface area (Å²) in [5.74, 6) is -0.310. The topological polar surface area (TPSA) is 39.1 Å². The van der Waals surface area contributed by atoms with E-state index in [2.05, 4.69) is 24.2 Å². The van der Waals surface area contributed by atoms with Gasteiger partial charge in [-0.1, -0.05) is 6.07 Å². The van der Waals surface area contributed by atoms with Gasteiger partial charge in [0, 0.05) is 30.7 Å². The number of hydrogen-bond donors (Lipinski definition) is 1. The van der Waals surface area contributed by atoms with Gasteiger partial charge in [0.25, 0.3) is 0 Å². The third kappa shape index (κ3) is 3.76. The molecule has 1 N–H and O–H groups in total. The summed E-state index contributed by atoms with van der Waals surface area (Å²) in [5.41, 5.74) is 0.975. The smallest absolute Gasteiger partial charge is 0.129 e. The van der Waals surface area contributed by atoms with Crippen molar-refractivity contribution in [2.75, 3.05) is 13.6 Å². The summed E-state index contributed by atoms with van der Waals surface area (Å²) < 4.78 is 13.7. The van der Waals surface area contributed by atoms with Gasteiger partial charge in [0.1, 0.15) is 5.82 Å². The molecule has 19 heavy (non-hydrogen) atoms. The lowest BCUT2D eigenvalue weighted by Crippen LogP contribution is -2.39. The summed E-state index contributed by atoms with van der Waals surface area (Å²) in [7, 11) is 2.15. The van der Waals surface area contributed by atoms with Crippen molar-refractivity contribution in [2.24, 2.45) is 0 Å². The Morgan fingerprint density at radius 3 is 2.84 bits per heavy atom. The molecule has 1 aliphatic carbocycles. The van der Waals surface area contributed by atoms with Crippen molar-refractivity contribution in [3.63, 3.8) is 0 Å². The first kappa shape index (κ1) is 14.0. The van der Waals surface area contributed by atoms with Crippen molar-refractivity contribution >= 4 is 0 Å². The molecule has 1 fully saturated rings. The first-order chi connectivity index (χ1) is 9.11. The van der Waals surface area contributed by atoms with Crippen LogP contribution in [0.25, 0.3) is 0 Å². The summed E-state index contributed by atoms with van der Waals surface area (Å²) in [6.45, 7) is 3.52. The first-order valence-corrected chi connectivity index (χ1v) is 6.73. The zero-order valence-corrected chi connectivity index (χ0v) is 11.5. The minimum atomic E-state index is -0.310. The number of nitrogens with zero attached hydrogens (tertiary/aromatic N) is 2. The van der Waals surface area contributed by atoms with Gasteiger partial charge in [-0.15, -0.1) is 0 Å². The highest BCUT2D eigenvalue weighted by molar-refractivity contribution is 5.32. The second-order valence-corrected chi connectivity index (χ2v) is 5.29. The molecule has 102 valence electrons. The van der Waals surface area contributed by atoms with E-state index >= 15 is 0 Å². The fourth-order valence-electron chi connectivity index (χ4n) is 2.16. The van der Waals surface area contributed by atoms with Gasteiger partial charge < -0.3 is 5.32 Å². The minimum Gasteiger partial charge on any atom is -0.311 e. The Bertz CT molecular complexity index is 477. The minimum absolute atomic E-state index is 0.310. The van der Waals surface area contributed by atoms with Gasteiger partial charge in [0.2, 0.25) is 0 Å². The lowest BCUT2D eigenvalue weighted by molar-refractivity contribution is 0.241. The molecule has 0 bridgehead atoms. The third-order valence-corrected chi connectivity index (χ3v) is 3.76. The number of hydrogen-bond acceptors (Lipinski definition) is 3. The van der Waals surface area contributed by atoms with Gasteiger partial charge in [-0.3, -0.25) is 4.90 Å². The predicted octanol–water partition coefficient (Wildman–Crippen LogP) is 2.27. The van der Waals surface area contributed by atoms with Crippen LogP contribution >= 0.6 is 0 Å². The molecule has 1 saturated carbocycles. The highest BCUT2D eigenvalue weighted by Gasteiger charge is 2.28. The molecular formula is C15H20FN3. The van der Waals surface area contributed by atoms with E-state index in [0.29, 0.717) is 23.7 Å². The van der Waals surface area contributed by atoms with Crippen molar-refractivity contribution in [2.45, 2.75) is 38.4 Å². The van der Waals surface area contributed by atoms with Crippen molar-refractivity contribution in [3.8, 4) is 6.07 Å². The third-order valence-electron chi connectivity index (χ3n) is 3.76. The van der Waals surface area contributed by atoms with Gasteiger partial charge in [0.15, 0.2) is 0 Å². The van der Waals surface area contributed by atoms with E-state index in [9.17, 15) is 4.39 Å². The normalized spacial score (nSPS) is 16.4. The molecule has 2 rings (SSSR count). The zero-order valence-electron chi connectivity index (χ0n) is 11.5. The molecule has 1 unspecified atom stereocenters. The number of nitriles is 1. The Kier molecular flexibility index (Phi) is 4.52. The van der Waals surface area contributed by atoms with E-state index in [4.69, 9.17) is 5.26 Å².